The lowest BCUT2D eigenvalue weighted by Crippen LogP contribution is -2.55. The summed E-state index contributed by atoms with van der Waals surface area (Å²) in [7, 11) is 5.41. The standard InChI is InChI=1S/C43H81NO7/c1-6-8-10-12-14-16-18-19-20-21-22-24-26-28-30-32-34-42(46)51-39(37-49-36-35-40(43(47)48)44(3,4)5)38-50-41(45)33-31-29-27-25-23-17-15-13-11-9-7-2/h13,15,39-40H,6-12,14,16-38H2,1-5H3/b15-13+. The maximum Gasteiger partial charge on any atom is 0.306 e. The molecule has 8 heteroatoms. The fraction of sp³-hybridized carbons (Fsp3) is 0.884. The van der Waals surface area contributed by atoms with E-state index in [4.69, 9.17) is 14.2 Å². The van der Waals surface area contributed by atoms with E-state index < -0.39 is 18.1 Å². The van der Waals surface area contributed by atoms with Crippen LogP contribution in [0, 0.1) is 0 Å². The van der Waals surface area contributed by atoms with Gasteiger partial charge in [0.25, 0.3) is 0 Å². The van der Waals surface area contributed by atoms with Crippen molar-refractivity contribution in [1.82, 2.24) is 0 Å². The van der Waals surface area contributed by atoms with Crippen molar-refractivity contribution in [2.75, 3.05) is 41.0 Å². The molecule has 0 aromatic rings. The summed E-state index contributed by atoms with van der Waals surface area (Å²) in [4.78, 5) is 36.7. The first-order chi connectivity index (χ1) is 24.6. The fourth-order valence-corrected chi connectivity index (χ4v) is 6.29. The van der Waals surface area contributed by atoms with Crippen LogP contribution in [0.15, 0.2) is 12.2 Å². The molecule has 0 aromatic heterocycles. The molecule has 0 saturated carbocycles. The van der Waals surface area contributed by atoms with Crippen LogP contribution in [0.4, 0.5) is 0 Å². The summed E-state index contributed by atoms with van der Waals surface area (Å²) in [5.74, 6) is -1.74. The minimum Gasteiger partial charge on any atom is -0.544 e. The number of hydrogen-bond acceptors (Lipinski definition) is 7. The molecule has 0 bridgehead atoms. The Morgan fingerprint density at radius 1 is 0.569 bits per heavy atom. The molecule has 0 heterocycles. The number of likely N-dealkylation sites (N-methyl/N-ethyl adjacent to an activating group) is 1. The van der Waals surface area contributed by atoms with E-state index in [1.165, 1.54) is 109 Å². The zero-order chi connectivity index (χ0) is 37.8. The van der Waals surface area contributed by atoms with Gasteiger partial charge in [-0.15, -0.1) is 0 Å². The Morgan fingerprint density at radius 2 is 1.00 bits per heavy atom. The molecule has 0 radical (unpaired) electrons. The van der Waals surface area contributed by atoms with Gasteiger partial charge >= 0.3 is 11.9 Å². The average molecular weight is 724 g/mol. The first kappa shape index (κ1) is 49.1. The van der Waals surface area contributed by atoms with Crippen molar-refractivity contribution in [2.45, 2.75) is 206 Å². The second-order valence-corrected chi connectivity index (χ2v) is 15.6. The van der Waals surface area contributed by atoms with Crippen LogP contribution < -0.4 is 5.11 Å². The van der Waals surface area contributed by atoms with Gasteiger partial charge in [-0.05, 0) is 32.1 Å². The predicted molar refractivity (Wildman–Crippen MR) is 208 cm³/mol. The molecule has 0 N–H and O–H groups in total. The Morgan fingerprint density at radius 3 is 1.47 bits per heavy atom. The lowest BCUT2D eigenvalue weighted by atomic mass is 10.0. The Labute approximate surface area is 314 Å². The molecule has 2 atom stereocenters. The molecule has 0 rings (SSSR count). The molecule has 0 spiro atoms. The molecule has 0 aliphatic carbocycles. The number of rotatable bonds is 38. The van der Waals surface area contributed by atoms with Crippen LogP contribution in [0.1, 0.15) is 194 Å². The summed E-state index contributed by atoms with van der Waals surface area (Å²) in [5.41, 5.74) is 0. The first-order valence-electron chi connectivity index (χ1n) is 21.2. The van der Waals surface area contributed by atoms with Gasteiger partial charge in [0.05, 0.1) is 40.3 Å². The highest BCUT2D eigenvalue weighted by atomic mass is 16.6. The summed E-state index contributed by atoms with van der Waals surface area (Å²) in [6.07, 6.45) is 35.1. The van der Waals surface area contributed by atoms with Crippen LogP contribution in [0.5, 0.6) is 0 Å². The molecule has 0 fully saturated rings. The SMILES string of the molecule is CCCC/C=C/CCCCCCCC(=O)OCC(COCCC(C(=O)[O-])[N+](C)(C)C)OC(=O)CCCCCCCCCCCCCCCCCC. The summed E-state index contributed by atoms with van der Waals surface area (Å²) in [6, 6.07) is -0.721. The van der Waals surface area contributed by atoms with E-state index in [2.05, 4.69) is 26.0 Å². The van der Waals surface area contributed by atoms with Crippen molar-refractivity contribution in [3.8, 4) is 0 Å². The van der Waals surface area contributed by atoms with Crippen LogP contribution in [0.25, 0.3) is 0 Å². The molecule has 0 saturated heterocycles. The zero-order valence-corrected chi connectivity index (χ0v) is 34.0. The van der Waals surface area contributed by atoms with Gasteiger partial charge in [0.2, 0.25) is 0 Å². The number of carbonyl (C=O) groups is 3. The predicted octanol–water partition coefficient (Wildman–Crippen LogP) is 9.80. The number of nitrogens with zero attached hydrogens (tertiary/aromatic N) is 1. The fourth-order valence-electron chi connectivity index (χ4n) is 6.29. The molecule has 8 nitrogen and oxygen atoms in total. The zero-order valence-electron chi connectivity index (χ0n) is 34.0. The number of carbonyl (C=O) groups excluding carboxylic acids is 3. The number of carboxylic acid groups (broad SMARTS) is 1. The third-order valence-electron chi connectivity index (χ3n) is 9.65. The number of ether oxygens (including phenoxy) is 3. The highest BCUT2D eigenvalue weighted by Gasteiger charge is 2.25. The number of esters is 2. The van der Waals surface area contributed by atoms with Crippen molar-refractivity contribution in [3.05, 3.63) is 12.2 Å². The lowest BCUT2D eigenvalue weighted by molar-refractivity contribution is -0.889. The summed E-state index contributed by atoms with van der Waals surface area (Å²) < 4.78 is 17.1. The van der Waals surface area contributed by atoms with Crippen molar-refractivity contribution < 1.29 is 38.2 Å². The Bertz CT molecular complexity index is 854. The summed E-state index contributed by atoms with van der Waals surface area (Å²) in [6.45, 7) is 4.63. The quantitative estimate of drug-likeness (QED) is 0.0271. The van der Waals surface area contributed by atoms with Crippen LogP contribution in [-0.2, 0) is 28.6 Å². The van der Waals surface area contributed by atoms with E-state index >= 15 is 0 Å². The van der Waals surface area contributed by atoms with Gasteiger partial charge in [0.1, 0.15) is 12.6 Å². The van der Waals surface area contributed by atoms with Crippen molar-refractivity contribution in [1.29, 1.82) is 0 Å². The number of allylic oxidation sites excluding steroid dienone is 2. The number of hydrogen-bond donors (Lipinski definition) is 0. The van der Waals surface area contributed by atoms with E-state index in [9.17, 15) is 19.5 Å². The van der Waals surface area contributed by atoms with Crippen LogP contribution in [0.3, 0.4) is 0 Å². The molecule has 0 aromatic carbocycles. The lowest BCUT2D eigenvalue weighted by Gasteiger charge is -2.34. The molecule has 300 valence electrons. The van der Waals surface area contributed by atoms with Gasteiger partial charge in [-0.3, -0.25) is 9.59 Å². The number of carboxylic acids is 1. The van der Waals surface area contributed by atoms with Gasteiger partial charge < -0.3 is 28.6 Å². The molecule has 0 aliphatic heterocycles. The molecular weight excluding hydrogens is 642 g/mol. The van der Waals surface area contributed by atoms with Gasteiger partial charge in [-0.2, -0.15) is 0 Å². The topological polar surface area (TPSA) is 102 Å². The smallest absolute Gasteiger partial charge is 0.306 e. The van der Waals surface area contributed by atoms with Crippen LogP contribution in [-0.4, -0.2) is 75.5 Å². The third kappa shape index (κ3) is 33.6. The Balaban J connectivity index is 4.33. The molecule has 51 heavy (non-hydrogen) atoms. The Kier molecular flexibility index (Phi) is 33.8. The first-order valence-corrected chi connectivity index (χ1v) is 21.2. The highest BCUT2D eigenvalue weighted by Crippen LogP contribution is 2.15. The largest absolute Gasteiger partial charge is 0.544 e. The highest BCUT2D eigenvalue weighted by molar-refractivity contribution is 5.70. The van der Waals surface area contributed by atoms with Crippen LogP contribution in [0.2, 0.25) is 0 Å². The van der Waals surface area contributed by atoms with Crippen molar-refractivity contribution >= 4 is 17.9 Å². The molecular formula is C43H81NO7. The van der Waals surface area contributed by atoms with E-state index in [1.807, 2.05) is 0 Å². The molecule has 2 unspecified atom stereocenters. The third-order valence-corrected chi connectivity index (χ3v) is 9.65. The number of unbranched alkanes of at least 4 members (excludes halogenated alkanes) is 22. The average Bonchev–Trinajstić information content (AvgIpc) is 3.08. The van der Waals surface area contributed by atoms with Crippen molar-refractivity contribution in [2.24, 2.45) is 0 Å². The van der Waals surface area contributed by atoms with Gasteiger partial charge in [-0.25, -0.2) is 0 Å². The van der Waals surface area contributed by atoms with Crippen LogP contribution >= 0.6 is 0 Å². The van der Waals surface area contributed by atoms with E-state index in [0.717, 1.165) is 51.4 Å². The van der Waals surface area contributed by atoms with E-state index in [1.54, 1.807) is 21.1 Å². The second kappa shape index (κ2) is 35.1. The number of quaternary nitrogens is 1. The number of aliphatic carboxylic acids is 1. The minimum absolute atomic E-state index is 0.0434. The van der Waals surface area contributed by atoms with E-state index in [-0.39, 0.29) is 42.7 Å². The van der Waals surface area contributed by atoms with Crippen molar-refractivity contribution in [3.63, 3.8) is 0 Å². The maximum absolute atomic E-state index is 12.7. The minimum atomic E-state index is -1.12. The van der Waals surface area contributed by atoms with Gasteiger partial charge in [0, 0.05) is 19.3 Å². The monoisotopic (exact) mass is 724 g/mol. The maximum atomic E-state index is 12.7. The molecule has 0 amide bonds. The normalized spacial score (nSPS) is 13.0. The second-order valence-electron chi connectivity index (χ2n) is 15.6. The van der Waals surface area contributed by atoms with Gasteiger partial charge in [-0.1, -0.05) is 154 Å². The summed E-state index contributed by atoms with van der Waals surface area (Å²) >= 11 is 0. The van der Waals surface area contributed by atoms with Gasteiger partial charge in [0.15, 0.2) is 6.10 Å². The Hall–Kier alpha value is -1.93. The van der Waals surface area contributed by atoms with E-state index in [0.29, 0.717) is 12.8 Å². The summed E-state index contributed by atoms with van der Waals surface area (Å²) in [5, 5.41) is 11.6. The molecule has 0 aliphatic rings.